The van der Waals surface area contributed by atoms with Gasteiger partial charge < -0.3 is 0 Å². The molecule has 3 heterocycles. The lowest BCUT2D eigenvalue weighted by molar-refractivity contribution is 0.254. The summed E-state index contributed by atoms with van der Waals surface area (Å²) in [4.78, 5) is 6.66. The number of nitrogens with zero attached hydrogens (tertiary/aromatic N) is 5. The van der Waals surface area contributed by atoms with Gasteiger partial charge in [-0.25, -0.2) is 4.98 Å². The molecule has 2 unspecified atom stereocenters. The van der Waals surface area contributed by atoms with Crippen molar-refractivity contribution in [3.05, 3.63) is 23.2 Å². The highest BCUT2D eigenvalue weighted by Gasteiger charge is 2.30. The van der Waals surface area contributed by atoms with E-state index in [1.54, 1.807) is 6.33 Å². The minimum atomic E-state index is 0.335. The first kappa shape index (κ1) is 10.8. The van der Waals surface area contributed by atoms with Gasteiger partial charge in [0.25, 0.3) is 0 Å². The Bertz CT molecular complexity index is 453. The van der Waals surface area contributed by atoms with Crippen LogP contribution in [-0.4, -0.2) is 42.8 Å². The fourth-order valence-electron chi connectivity index (χ4n) is 2.31. The summed E-state index contributed by atoms with van der Waals surface area (Å²) < 4.78 is 3.92. The van der Waals surface area contributed by atoms with Gasteiger partial charge in [-0.3, -0.25) is 10.00 Å². The van der Waals surface area contributed by atoms with Crippen molar-refractivity contribution in [2.75, 3.05) is 13.1 Å². The third-order valence-corrected chi connectivity index (χ3v) is 3.92. The van der Waals surface area contributed by atoms with Crippen LogP contribution in [0.5, 0.6) is 0 Å². The summed E-state index contributed by atoms with van der Waals surface area (Å²) in [5, 5.41) is 13.0. The van der Waals surface area contributed by atoms with Crippen molar-refractivity contribution < 1.29 is 0 Å². The van der Waals surface area contributed by atoms with E-state index in [0.29, 0.717) is 12.0 Å². The minimum Gasteiger partial charge on any atom is -0.294 e. The molecule has 7 heteroatoms. The maximum atomic E-state index is 4.24. The van der Waals surface area contributed by atoms with Gasteiger partial charge in [-0.2, -0.15) is 5.10 Å². The molecule has 1 aliphatic rings. The maximum absolute atomic E-state index is 4.24. The molecule has 1 aliphatic heterocycles. The van der Waals surface area contributed by atoms with E-state index >= 15 is 0 Å². The molecule has 0 radical (unpaired) electrons. The van der Waals surface area contributed by atoms with Crippen molar-refractivity contribution in [3.63, 3.8) is 0 Å². The molecule has 2 aromatic rings. The van der Waals surface area contributed by atoms with E-state index in [2.05, 4.69) is 36.6 Å². The number of aromatic nitrogens is 5. The molecule has 0 saturated carbocycles. The first-order valence-corrected chi connectivity index (χ1v) is 6.54. The van der Waals surface area contributed by atoms with Crippen molar-refractivity contribution in [2.24, 2.45) is 0 Å². The predicted octanol–water partition coefficient (Wildman–Crippen LogP) is 1.21. The Balaban J connectivity index is 1.68. The SMILES string of the molecule is CC(c1csnn1)N1CCC(c2ncn[nH]2)C1. The zero-order valence-electron chi connectivity index (χ0n) is 9.58. The van der Waals surface area contributed by atoms with Crippen molar-refractivity contribution in [3.8, 4) is 0 Å². The van der Waals surface area contributed by atoms with Crippen LogP contribution in [0.1, 0.15) is 36.8 Å². The second kappa shape index (κ2) is 4.50. The maximum Gasteiger partial charge on any atom is 0.137 e. The topological polar surface area (TPSA) is 70.6 Å². The van der Waals surface area contributed by atoms with E-state index in [-0.39, 0.29) is 0 Å². The summed E-state index contributed by atoms with van der Waals surface area (Å²) in [6.07, 6.45) is 2.70. The van der Waals surface area contributed by atoms with Gasteiger partial charge in [0, 0.05) is 17.8 Å². The summed E-state index contributed by atoms with van der Waals surface area (Å²) in [5.41, 5.74) is 1.06. The molecule has 0 amide bonds. The average molecular weight is 250 g/mol. The minimum absolute atomic E-state index is 0.335. The number of H-pyrrole nitrogens is 1. The number of aromatic amines is 1. The lowest BCUT2D eigenvalue weighted by Gasteiger charge is -2.21. The van der Waals surface area contributed by atoms with Gasteiger partial charge in [0.05, 0.1) is 11.7 Å². The fraction of sp³-hybridized carbons (Fsp3) is 0.600. The Morgan fingerprint density at radius 2 is 2.53 bits per heavy atom. The highest BCUT2D eigenvalue weighted by molar-refractivity contribution is 7.03. The first-order chi connectivity index (χ1) is 8.34. The van der Waals surface area contributed by atoms with Crippen molar-refractivity contribution in [2.45, 2.75) is 25.3 Å². The fourth-order valence-corrected chi connectivity index (χ4v) is 2.86. The Hall–Kier alpha value is -1.34. The standard InChI is InChI=1S/C10H14N6S/c1-7(9-5-17-15-13-9)16-3-2-8(4-16)10-11-6-12-14-10/h5-8H,2-4H2,1H3,(H,11,12,14). The quantitative estimate of drug-likeness (QED) is 0.886. The number of rotatable bonds is 3. The monoisotopic (exact) mass is 250 g/mol. The van der Waals surface area contributed by atoms with Crippen LogP contribution in [0.25, 0.3) is 0 Å². The molecular formula is C10H14N6S. The number of hydrogen-bond donors (Lipinski definition) is 1. The summed E-state index contributed by atoms with van der Waals surface area (Å²) >= 11 is 1.41. The van der Waals surface area contributed by atoms with Gasteiger partial charge in [0.1, 0.15) is 12.2 Å². The lowest BCUT2D eigenvalue weighted by atomic mass is 10.1. The van der Waals surface area contributed by atoms with Gasteiger partial charge in [0.15, 0.2) is 0 Å². The van der Waals surface area contributed by atoms with Crippen LogP contribution in [0.2, 0.25) is 0 Å². The van der Waals surface area contributed by atoms with Gasteiger partial charge in [0.2, 0.25) is 0 Å². The Kier molecular flexibility index (Phi) is 2.86. The van der Waals surface area contributed by atoms with Crippen LogP contribution in [0.3, 0.4) is 0 Å². The molecule has 17 heavy (non-hydrogen) atoms. The molecule has 2 atom stereocenters. The zero-order chi connectivity index (χ0) is 11.7. The summed E-state index contributed by atoms with van der Waals surface area (Å²) in [6, 6.07) is 0.335. The molecule has 0 spiro atoms. The molecule has 1 saturated heterocycles. The molecule has 0 aliphatic carbocycles. The molecule has 0 aromatic carbocycles. The smallest absolute Gasteiger partial charge is 0.137 e. The van der Waals surface area contributed by atoms with Crippen molar-refractivity contribution in [1.29, 1.82) is 0 Å². The van der Waals surface area contributed by atoms with Crippen LogP contribution in [0.4, 0.5) is 0 Å². The largest absolute Gasteiger partial charge is 0.294 e. The molecule has 1 N–H and O–H groups in total. The summed E-state index contributed by atoms with van der Waals surface area (Å²) in [7, 11) is 0. The van der Waals surface area contributed by atoms with Crippen LogP contribution < -0.4 is 0 Å². The average Bonchev–Trinajstić information content (AvgIpc) is 3.09. The van der Waals surface area contributed by atoms with E-state index in [4.69, 9.17) is 0 Å². The second-order valence-electron chi connectivity index (χ2n) is 4.36. The van der Waals surface area contributed by atoms with Crippen LogP contribution >= 0.6 is 11.5 Å². The summed E-state index contributed by atoms with van der Waals surface area (Å²) in [6.45, 7) is 4.26. The van der Waals surface area contributed by atoms with Gasteiger partial charge in [-0.1, -0.05) is 4.49 Å². The lowest BCUT2D eigenvalue weighted by Crippen LogP contribution is -2.24. The van der Waals surface area contributed by atoms with Gasteiger partial charge in [-0.05, 0) is 31.4 Å². The summed E-state index contributed by atoms with van der Waals surface area (Å²) in [5.74, 6) is 1.46. The van der Waals surface area contributed by atoms with Crippen molar-refractivity contribution in [1.82, 2.24) is 29.7 Å². The number of likely N-dealkylation sites (tertiary alicyclic amines) is 1. The predicted molar refractivity (Wildman–Crippen MR) is 63.6 cm³/mol. The highest BCUT2D eigenvalue weighted by atomic mass is 32.1. The Labute approximate surface area is 103 Å². The van der Waals surface area contributed by atoms with E-state index in [1.807, 2.05) is 5.38 Å². The first-order valence-electron chi connectivity index (χ1n) is 5.71. The van der Waals surface area contributed by atoms with E-state index < -0.39 is 0 Å². The Morgan fingerprint density at radius 1 is 1.59 bits per heavy atom. The number of hydrogen-bond acceptors (Lipinski definition) is 6. The van der Waals surface area contributed by atoms with E-state index in [1.165, 1.54) is 11.5 Å². The van der Waals surface area contributed by atoms with E-state index in [0.717, 1.165) is 31.0 Å². The molecule has 0 bridgehead atoms. The highest BCUT2D eigenvalue weighted by Crippen LogP contribution is 2.30. The normalized spacial score (nSPS) is 23.0. The van der Waals surface area contributed by atoms with Crippen LogP contribution in [-0.2, 0) is 0 Å². The van der Waals surface area contributed by atoms with E-state index in [9.17, 15) is 0 Å². The molecule has 3 rings (SSSR count). The second-order valence-corrected chi connectivity index (χ2v) is 4.97. The molecule has 6 nitrogen and oxygen atoms in total. The molecular weight excluding hydrogens is 236 g/mol. The third-order valence-electron chi connectivity index (χ3n) is 3.39. The van der Waals surface area contributed by atoms with Crippen LogP contribution in [0.15, 0.2) is 11.7 Å². The van der Waals surface area contributed by atoms with Gasteiger partial charge in [-0.15, -0.1) is 5.10 Å². The molecule has 1 fully saturated rings. The third kappa shape index (κ3) is 2.07. The molecule has 2 aromatic heterocycles. The van der Waals surface area contributed by atoms with Crippen molar-refractivity contribution >= 4 is 11.5 Å². The number of nitrogens with one attached hydrogen (secondary N) is 1. The Morgan fingerprint density at radius 3 is 3.24 bits per heavy atom. The van der Waals surface area contributed by atoms with Gasteiger partial charge >= 0.3 is 0 Å². The molecule has 90 valence electrons. The van der Waals surface area contributed by atoms with Crippen LogP contribution in [0, 0.1) is 0 Å². The zero-order valence-corrected chi connectivity index (χ0v) is 10.4.